The van der Waals surface area contributed by atoms with E-state index in [9.17, 15) is 0 Å². The fourth-order valence-corrected chi connectivity index (χ4v) is 3.98. The molecule has 0 bridgehead atoms. The molecule has 134 valence electrons. The molecular formula is C22H26N4. The molecule has 1 aliphatic heterocycles. The SMILES string of the molecule is CN1CCN(Cc2ccccc2)CC(Cc2ccnc3cccnc23)C1. The molecule has 1 aromatic carbocycles. The lowest BCUT2D eigenvalue weighted by atomic mass is 9.97. The molecule has 0 saturated carbocycles. The number of likely N-dealkylation sites (N-methyl/N-ethyl adjacent to an activating group) is 1. The van der Waals surface area contributed by atoms with Crippen molar-refractivity contribution in [2.24, 2.45) is 5.92 Å². The Bertz CT molecular complexity index is 844. The lowest BCUT2D eigenvalue weighted by molar-refractivity contribution is 0.249. The largest absolute Gasteiger partial charge is 0.305 e. The van der Waals surface area contributed by atoms with Gasteiger partial charge < -0.3 is 4.90 Å². The maximum atomic E-state index is 4.59. The number of hydrogen-bond acceptors (Lipinski definition) is 4. The third kappa shape index (κ3) is 4.09. The second-order valence-corrected chi connectivity index (χ2v) is 7.39. The highest BCUT2D eigenvalue weighted by atomic mass is 15.2. The van der Waals surface area contributed by atoms with Crippen molar-refractivity contribution in [1.29, 1.82) is 0 Å². The normalized spacial score (nSPS) is 19.5. The van der Waals surface area contributed by atoms with Crippen LogP contribution in [-0.4, -0.2) is 53.0 Å². The predicted octanol–water partition coefficient (Wildman–Crippen LogP) is 3.24. The quantitative estimate of drug-likeness (QED) is 0.726. The average Bonchev–Trinajstić information content (AvgIpc) is 2.84. The summed E-state index contributed by atoms with van der Waals surface area (Å²) in [6.07, 6.45) is 4.83. The molecule has 0 spiro atoms. The summed E-state index contributed by atoms with van der Waals surface area (Å²) >= 11 is 0. The van der Waals surface area contributed by atoms with E-state index < -0.39 is 0 Å². The van der Waals surface area contributed by atoms with Crippen LogP contribution in [0.1, 0.15) is 11.1 Å². The van der Waals surface area contributed by atoms with Gasteiger partial charge in [0.1, 0.15) is 0 Å². The standard InChI is InChI=1S/C22H26N4/c1-25-12-13-26(16-18-6-3-2-4-7-18)17-19(15-25)14-20-9-11-23-21-8-5-10-24-22(20)21/h2-11,19H,12-17H2,1H3. The third-order valence-corrected chi connectivity index (χ3v) is 5.22. The molecule has 3 aromatic rings. The Morgan fingerprint density at radius 1 is 0.923 bits per heavy atom. The van der Waals surface area contributed by atoms with E-state index in [0.29, 0.717) is 5.92 Å². The van der Waals surface area contributed by atoms with Gasteiger partial charge in [-0.3, -0.25) is 14.9 Å². The maximum Gasteiger partial charge on any atom is 0.0918 e. The summed E-state index contributed by atoms with van der Waals surface area (Å²) in [6.45, 7) is 5.52. The molecule has 0 amide bonds. The molecule has 4 rings (SSSR count). The molecule has 0 radical (unpaired) electrons. The van der Waals surface area contributed by atoms with Crippen molar-refractivity contribution >= 4 is 11.0 Å². The van der Waals surface area contributed by atoms with Crippen LogP contribution in [0.4, 0.5) is 0 Å². The van der Waals surface area contributed by atoms with Crippen LogP contribution in [0.3, 0.4) is 0 Å². The van der Waals surface area contributed by atoms with E-state index in [1.165, 1.54) is 11.1 Å². The van der Waals surface area contributed by atoms with Gasteiger partial charge in [0.05, 0.1) is 11.0 Å². The van der Waals surface area contributed by atoms with Crippen LogP contribution < -0.4 is 0 Å². The number of aromatic nitrogens is 2. The number of rotatable bonds is 4. The lowest BCUT2D eigenvalue weighted by Gasteiger charge is -2.24. The molecule has 1 saturated heterocycles. The second kappa shape index (κ2) is 7.94. The van der Waals surface area contributed by atoms with Gasteiger partial charge in [-0.1, -0.05) is 30.3 Å². The van der Waals surface area contributed by atoms with Gasteiger partial charge in [0, 0.05) is 45.1 Å². The van der Waals surface area contributed by atoms with E-state index in [4.69, 9.17) is 0 Å². The zero-order valence-corrected chi connectivity index (χ0v) is 15.4. The Morgan fingerprint density at radius 3 is 2.69 bits per heavy atom. The predicted molar refractivity (Wildman–Crippen MR) is 106 cm³/mol. The zero-order chi connectivity index (χ0) is 17.8. The van der Waals surface area contributed by atoms with Crippen LogP contribution >= 0.6 is 0 Å². The Balaban J connectivity index is 1.52. The summed E-state index contributed by atoms with van der Waals surface area (Å²) in [7, 11) is 2.24. The van der Waals surface area contributed by atoms with E-state index in [2.05, 4.69) is 63.2 Å². The highest BCUT2D eigenvalue weighted by molar-refractivity contribution is 5.77. The summed E-state index contributed by atoms with van der Waals surface area (Å²) in [5.74, 6) is 0.596. The summed E-state index contributed by atoms with van der Waals surface area (Å²) in [5.41, 5.74) is 4.76. The van der Waals surface area contributed by atoms with Crippen LogP contribution in [0.25, 0.3) is 11.0 Å². The zero-order valence-electron chi connectivity index (χ0n) is 15.4. The van der Waals surface area contributed by atoms with Crippen molar-refractivity contribution in [2.75, 3.05) is 33.2 Å². The van der Waals surface area contributed by atoms with Crippen LogP contribution in [0.5, 0.6) is 0 Å². The van der Waals surface area contributed by atoms with Crippen molar-refractivity contribution in [3.63, 3.8) is 0 Å². The number of hydrogen-bond donors (Lipinski definition) is 0. The Kier molecular flexibility index (Phi) is 5.23. The molecule has 1 unspecified atom stereocenters. The van der Waals surface area contributed by atoms with Crippen LogP contribution in [-0.2, 0) is 13.0 Å². The summed E-state index contributed by atoms with van der Waals surface area (Å²) in [5, 5.41) is 0. The van der Waals surface area contributed by atoms with Gasteiger partial charge >= 0.3 is 0 Å². The van der Waals surface area contributed by atoms with Gasteiger partial charge in [0.2, 0.25) is 0 Å². The van der Waals surface area contributed by atoms with Crippen molar-refractivity contribution in [1.82, 2.24) is 19.8 Å². The Labute approximate surface area is 155 Å². The maximum absolute atomic E-state index is 4.59. The minimum absolute atomic E-state index is 0.596. The lowest BCUT2D eigenvalue weighted by Crippen LogP contribution is -2.30. The van der Waals surface area contributed by atoms with Crippen LogP contribution in [0, 0.1) is 5.92 Å². The van der Waals surface area contributed by atoms with Crippen molar-refractivity contribution in [3.05, 3.63) is 72.1 Å². The Morgan fingerprint density at radius 2 is 1.81 bits per heavy atom. The molecule has 0 N–H and O–H groups in total. The van der Waals surface area contributed by atoms with Gasteiger partial charge in [0.25, 0.3) is 0 Å². The molecule has 26 heavy (non-hydrogen) atoms. The number of nitrogens with zero attached hydrogens (tertiary/aromatic N) is 4. The molecule has 1 atom stereocenters. The van der Waals surface area contributed by atoms with E-state index in [1.807, 2.05) is 24.5 Å². The molecule has 0 aliphatic carbocycles. The molecule has 1 fully saturated rings. The van der Waals surface area contributed by atoms with Gasteiger partial charge in [-0.25, -0.2) is 0 Å². The monoisotopic (exact) mass is 346 g/mol. The van der Waals surface area contributed by atoms with Gasteiger partial charge in [0.15, 0.2) is 0 Å². The molecule has 4 heteroatoms. The smallest absolute Gasteiger partial charge is 0.0918 e. The summed E-state index contributed by atoms with van der Waals surface area (Å²) < 4.78 is 0. The first kappa shape index (κ1) is 17.1. The van der Waals surface area contributed by atoms with Crippen molar-refractivity contribution < 1.29 is 0 Å². The number of pyridine rings is 2. The van der Waals surface area contributed by atoms with E-state index in [-0.39, 0.29) is 0 Å². The molecule has 3 heterocycles. The fraction of sp³-hybridized carbons (Fsp3) is 0.364. The average molecular weight is 346 g/mol. The minimum atomic E-state index is 0.596. The topological polar surface area (TPSA) is 32.3 Å². The van der Waals surface area contributed by atoms with E-state index >= 15 is 0 Å². The number of benzene rings is 1. The van der Waals surface area contributed by atoms with Crippen LogP contribution in [0.15, 0.2) is 60.9 Å². The van der Waals surface area contributed by atoms with Crippen molar-refractivity contribution in [2.45, 2.75) is 13.0 Å². The fourth-order valence-electron chi connectivity index (χ4n) is 3.98. The third-order valence-electron chi connectivity index (χ3n) is 5.22. The van der Waals surface area contributed by atoms with Crippen LogP contribution in [0.2, 0.25) is 0 Å². The summed E-state index contributed by atoms with van der Waals surface area (Å²) in [6, 6.07) is 16.9. The first-order chi connectivity index (χ1) is 12.8. The highest BCUT2D eigenvalue weighted by Crippen LogP contribution is 2.20. The molecule has 1 aliphatic rings. The Hall–Kier alpha value is -2.30. The van der Waals surface area contributed by atoms with Gasteiger partial charge in [-0.15, -0.1) is 0 Å². The number of fused-ring (bicyclic) bond motifs is 1. The first-order valence-corrected chi connectivity index (χ1v) is 9.41. The molecular weight excluding hydrogens is 320 g/mol. The molecule has 4 nitrogen and oxygen atoms in total. The highest BCUT2D eigenvalue weighted by Gasteiger charge is 2.22. The van der Waals surface area contributed by atoms with E-state index in [0.717, 1.165) is 50.2 Å². The van der Waals surface area contributed by atoms with E-state index in [1.54, 1.807) is 0 Å². The van der Waals surface area contributed by atoms with Crippen molar-refractivity contribution in [3.8, 4) is 0 Å². The van der Waals surface area contributed by atoms with Gasteiger partial charge in [-0.05, 0) is 48.7 Å². The van der Waals surface area contributed by atoms with Gasteiger partial charge in [-0.2, -0.15) is 0 Å². The first-order valence-electron chi connectivity index (χ1n) is 9.41. The second-order valence-electron chi connectivity index (χ2n) is 7.39. The minimum Gasteiger partial charge on any atom is -0.305 e. The summed E-state index contributed by atoms with van der Waals surface area (Å²) in [4.78, 5) is 14.1. The molecule has 2 aromatic heterocycles.